The maximum atomic E-state index is 11.8. The third-order valence-electron chi connectivity index (χ3n) is 2.46. The molecule has 0 fully saturated rings. The van der Waals surface area contributed by atoms with E-state index in [-0.39, 0.29) is 13.0 Å². The average molecular weight is 279 g/mol. The number of nitrogens with two attached hydrogens (primary N) is 2. The third kappa shape index (κ3) is 4.36. The normalized spacial score (nSPS) is 11.5. The summed E-state index contributed by atoms with van der Waals surface area (Å²) in [5.74, 6) is -2.04. The molecule has 20 heavy (non-hydrogen) atoms. The van der Waals surface area contributed by atoms with Gasteiger partial charge in [0, 0.05) is 5.69 Å². The van der Waals surface area contributed by atoms with Gasteiger partial charge in [-0.05, 0) is 18.6 Å². The number of amides is 2. The topological polar surface area (TPSA) is 125 Å². The SMILES string of the molecule is CCOC(=O)C(N)C(=O)Nc1ccccc1CC(N)=O. The van der Waals surface area contributed by atoms with Crippen LogP contribution in [0.15, 0.2) is 24.3 Å². The van der Waals surface area contributed by atoms with Crippen LogP contribution < -0.4 is 16.8 Å². The van der Waals surface area contributed by atoms with Crippen molar-refractivity contribution in [2.45, 2.75) is 19.4 Å². The molecule has 1 atom stereocenters. The number of esters is 1. The van der Waals surface area contributed by atoms with Crippen LogP contribution in [0, 0.1) is 0 Å². The van der Waals surface area contributed by atoms with Crippen molar-refractivity contribution in [2.75, 3.05) is 11.9 Å². The Morgan fingerprint density at radius 2 is 1.95 bits per heavy atom. The van der Waals surface area contributed by atoms with Crippen LogP contribution in [-0.4, -0.2) is 30.4 Å². The number of ether oxygens (including phenoxy) is 1. The van der Waals surface area contributed by atoms with Crippen LogP contribution in [0.4, 0.5) is 5.69 Å². The Hall–Kier alpha value is -2.41. The van der Waals surface area contributed by atoms with Gasteiger partial charge in [-0.1, -0.05) is 18.2 Å². The van der Waals surface area contributed by atoms with Crippen LogP contribution in [0.2, 0.25) is 0 Å². The lowest BCUT2D eigenvalue weighted by Crippen LogP contribution is -2.43. The number of anilines is 1. The molecular formula is C13H17N3O4. The van der Waals surface area contributed by atoms with Crippen molar-refractivity contribution in [3.8, 4) is 0 Å². The Kier molecular flexibility index (Phi) is 5.67. The molecule has 0 spiro atoms. The quantitative estimate of drug-likeness (QED) is 0.480. The third-order valence-corrected chi connectivity index (χ3v) is 2.46. The number of hydrogen-bond donors (Lipinski definition) is 3. The Bertz CT molecular complexity index is 516. The van der Waals surface area contributed by atoms with Crippen LogP contribution in [0.25, 0.3) is 0 Å². The summed E-state index contributed by atoms with van der Waals surface area (Å²) in [5.41, 5.74) is 11.5. The first kappa shape index (κ1) is 15.6. The minimum Gasteiger partial charge on any atom is -0.464 e. The number of rotatable bonds is 6. The number of hydrogen-bond acceptors (Lipinski definition) is 5. The van der Waals surface area contributed by atoms with Crippen LogP contribution in [0.1, 0.15) is 12.5 Å². The Morgan fingerprint density at radius 3 is 2.55 bits per heavy atom. The summed E-state index contributed by atoms with van der Waals surface area (Å²) in [4.78, 5) is 34.1. The molecule has 1 aromatic rings. The summed E-state index contributed by atoms with van der Waals surface area (Å²) in [7, 11) is 0. The Labute approximate surface area is 116 Å². The largest absolute Gasteiger partial charge is 0.464 e. The van der Waals surface area contributed by atoms with Gasteiger partial charge < -0.3 is 21.5 Å². The highest BCUT2D eigenvalue weighted by Gasteiger charge is 2.24. The molecule has 0 saturated heterocycles. The van der Waals surface area contributed by atoms with Crippen molar-refractivity contribution in [2.24, 2.45) is 11.5 Å². The van der Waals surface area contributed by atoms with Crippen molar-refractivity contribution in [1.82, 2.24) is 0 Å². The molecule has 1 aromatic carbocycles. The van der Waals surface area contributed by atoms with Crippen LogP contribution in [-0.2, 0) is 25.5 Å². The van der Waals surface area contributed by atoms with Gasteiger partial charge in [-0.2, -0.15) is 0 Å². The summed E-state index contributed by atoms with van der Waals surface area (Å²) in [6.45, 7) is 1.75. The number of primary amides is 1. The standard InChI is InChI=1S/C13H17N3O4/c1-2-20-13(19)11(15)12(18)16-9-6-4-3-5-8(9)7-10(14)17/h3-6,11H,2,7,15H2,1H3,(H2,14,17)(H,16,18). The molecule has 0 saturated carbocycles. The zero-order chi connectivity index (χ0) is 15.1. The predicted octanol–water partition coefficient (Wildman–Crippen LogP) is -0.457. The zero-order valence-corrected chi connectivity index (χ0v) is 11.1. The fourth-order valence-electron chi connectivity index (χ4n) is 1.53. The maximum absolute atomic E-state index is 11.8. The van der Waals surface area contributed by atoms with E-state index in [1.807, 2.05) is 0 Å². The van der Waals surface area contributed by atoms with Gasteiger partial charge in [-0.15, -0.1) is 0 Å². The fourth-order valence-corrected chi connectivity index (χ4v) is 1.53. The van der Waals surface area contributed by atoms with Gasteiger partial charge in [0.05, 0.1) is 13.0 Å². The molecule has 7 heteroatoms. The molecule has 5 N–H and O–H groups in total. The van der Waals surface area contributed by atoms with E-state index in [0.717, 1.165) is 0 Å². The van der Waals surface area contributed by atoms with Gasteiger partial charge in [0.1, 0.15) is 0 Å². The second kappa shape index (κ2) is 7.25. The highest BCUT2D eigenvalue weighted by Crippen LogP contribution is 2.15. The molecule has 7 nitrogen and oxygen atoms in total. The predicted molar refractivity (Wildman–Crippen MR) is 72.6 cm³/mol. The van der Waals surface area contributed by atoms with E-state index in [0.29, 0.717) is 11.3 Å². The van der Waals surface area contributed by atoms with Crippen LogP contribution >= 0.6 is 0 Å². The molecule has 0 radical (unpaired) electrons. The number of benzene rings is 1. The molecular weight excluding hydrogens is 262 g/mol. The molecule has 1 unspecified atom stereocenters. The minimum atomic E-state index is -1.42. The van der Waals surface area contributed by atoms with E-state index in [1.165, 1.54) is 0 Å². The lowest BCUT2D eigenvalue weighted by atomic mass is 10.1. The first-order valence-electron chi connectivity index (χ1n) is 6.05. The molecule has 0 aromatic heterocycles. The summed E-state index contributed by atoms with van der Waals surface area (Å²) in [5, 5.41) is 2.48. The van der Waals surface area contributed by atoms with Crippen molar-refractivity contribution in [3.63, 3.8) is 0 Å². The molecule has 0 heterocycles. The van der Waals surface area contributed by atoms with Crippen LogP contribution in [0.3, 0.4) is 0 Å². The highest BCUT2D eigenvalue weighted by molar-refractivity contribution is 6.08. The van der Waals surface area contributed by atoms with Gasteiger partial charge in [-0.25, -0.2) is 4.79 Å². The van der Waals surface area contributed by atoms with Crippen molar-refractivity contribution < 1.29 is 19.1 Å². The molecule has 0 aliphatic heterocycles. The Morgan fingerprint density at radius 1 is 1.30 bits per heavy atom. The summed E-state index contributed by atoms with van der Waals surface area (Å²) in [6.07, 6.45) is -0.0227. The number of nitrogens with one attached hydrogen (secondary N) is 1. The van der Waals surface area contributed by atoms with Gasteiger partial charge in [0.2, 0.25) is 5.91 Å². The lowest BCUT2D eigenvalue weighted by Gasteiger charge is -2.13. The fraction of sp³-hybridized carbons (Fsp3) is 0.308. The smallest absolute Gasteiger partial charge is 0.332 e. The van der Waals surface area contributed by atoms with Crippen LogP contribution in [0.5, 0.6) is 0 Å². The van der Waals surface area contributed by atoms with E-state index < -0.39 is 23.8 Å². The molecule has 108 valence electrons. The summed E-state index contributed by atoms with van der Waals surface area (Å²) >= 11 is 0. The second-order valence-electron chi connectivity index (χ2n) is 4.02. The lowest BCUT2D eigenvalue weighted by molar-refractivity contribution is -0.147. The van der Waals surface area contributed by atoms with Crippen molar-refractivity contribution >= 4 is 23.5 Å². The Balaban J connectivity index is 2.80. The number of para-hydroxylation sites is 1. The second-order valence-corrected chi connectivity index (χ2v) is 4.02. The van der Waals surface area contributed by atoms with Crippen molar-refractivity contribution in [1.29, 1.82) is 0 Å². The van der Waals surface area contributed by atoms with Crippen molar-refractivity contribution in [3.05, 3.63) is 29.8 Å². The van der Waals surface area contributed by atoms with E-state index >= 15 is 0 Å². The number of carbonyl (C=O) groups excluding carboxylic acids is 3. The zero-order valence-electron chi connectivity index (χ0n) is 11.1. The van der Waals surface area contributed by atoms with Gasteiger partial charge in [-0.3, -0.25) is 9.59 Å². The summed E-state index contributed by atoms with van der Waals surface area (Å²) < 4.78 is 4.66. The van der Waals surface area contributed by atoms with Gasteiger partial charge in [0.15, 0.2) is 6.04 Å². The van der Waals surface area contributed by atoms with E-state index in [1.54, 1.807) is 31.2 Å². The number of carbonyl (C=O) groups is 3. The first-order valence-corrected chi connectivity index (χ1v) is 6.05. The average Bonchev–Trinajstić information content (AvgIpc) is 2.39. The first-order chi connectivity index (χ1) is 9.45. The maximum Gasteiger partial charge on any atom is 0.332 e. The molecule has 0 aliphatic rings. The molecule has 1 rings (SSSR count). The molecule has 2 amide bonds. The van der Waals surface area contributed by atoms with E-state index in [2.05, 4.69) is 10.1 Å². The monoisotopic (exact) mass is 279 g/mol. The van der Waals surface area contributed by atoms with E-state index in [4.69, 9.17) is 11.5 Å². The molecule has 0 bridgehead atoms. The highest BCUT2D eigenvalue weighted by atomic mass is 16.5. The van der Waals surface area contributed by atoms with E-state index in [9.17, 15) is 14.4 Å². The van der Waals surface area contributed by atoms with Gasteiger partial charge >= 0.3 is 5.97 Å². The summed E-state index contributed by atoms with van der Waals surface area (Å²) in [6, 6.07) is 5.20. The van der Waals surface area contributed by atoms with Gasteiger partial charge in [0.25, 0.3) is 5.91 Å². The molecule has 0 aliphatic carbocycles. The minimum absolute atomic E-state index is 0.0227.